The molecule has 4 heteroatoms. The van der Waals surface area contributed by atoms with Gasteiger partial charge in [0.25, 0.3) is 0 Å². The van der Waals surface area contributed by atoms with E-state index in [4.69, 9.17) is 5.73 Å². The van der Waals surface area contributed by atoms with Crippen LogP contribution in [0.15, 0.2) is 0 Å². The second-order valence-electron chi connectivity index (χ2n) is 6.59. The fourth-order valence-corrected chi connectivity index (χ4v) is 3.68. The van der Waals surface area contributed by atoms with Crippen LogP contribution in [0.25, 0.3) is 0 Å². The predicted octanol–water partition coefficient (Wildman–Crippen LogP) is 1.74. The lowest BCUT2D eigenvalue weighted by molar-refractivity contribution is -0.127. The SMILES string of the molecule is CCCN1CCC(NC(=O)C2CCCC(CN)C2)CC1. The molecule has 0 radical (unpaired) electrons. The topological polar surface area (TPSA) is 58.4 Å². The molecule has 2 atom stereocenters. The van der Waals surface area contributed by atoms with Gasteiger partial charge in [-0.1, -0.05) is 13.3 Å². The maximum atomic E-state index is 12.4. The zero-order valence-corrected chi connectivity index (χ0v) is 12.9. The van der Waals surface area contributed by atoms with Crippen molar-refractivity contribution in [1.82, 2.24) is 10.2 Å². The first-order chi connectivity index (χ1) is 9.72. The van der Waals surface area contributed by atoms with E-state index in [1.807, 2.05) is 0 Å². The summed E-state index contributed by atoms with van der Waals surface area (Å²) in [5.41, 5.74) is 5.76. The zero-order chi connectivity index (χ0) is 14.4. The van der Waals surface area contributed by atoms with Gasteiger partial charge in [0.2, 0.25) is 5.91 Å². The fraction of sp³-hybridized carbons (Fsp3) is 0.938. The summed E-state index contributed by atoms with van der Waals surface area (Å²) in [6, 6.07) is 0.397. The van der Waals surface area contributed by atoms with Crippen LogP contribution in [0, 0.1) is 11.8 Å². The van der Waals surface area contributed by atoms with E-state index in [1.165, 1.54) is 19.4 Å². The number of piperidine rings is 1. The van der Waals surface area contributed by atoms with E-state index in [0.717, 1.165) is 51.7 Å². The van der Waals surface area contributed by atoms with E-state index in [-0.39, 0.29) is 11.8 Å². The summed E-state index contributed by atoms with van der Waals surface area (Å²) in [5, 5.41) is 3.29. The molecule has 116 valence electrons. The van der Waals surface area contributed by atoms with E-state index in [2.05, 4.69) is 17.1 Å². The third-order valence-corrected chi connectivity index (χ3v) is 4.96. The van der Waals surface area contributed by atoms with Crippen molar-refractivity contribution in [2.45, 2.75) is 57.9 Å². The number of nitrogens with zero attached hydrogens (tertiary/aromatic N) is 1. The number of carbonyl (C=O) groups is 1. The molecule has 2 aliphatic rings. The van der Waals surface area contributed by atoms with Crippen LogP contribution >= 0.6 is 0 Å². The number of likely N-dealkylation sites (tertiary alicyclic amines) is 1. The fourth-order valence-electron chi connectivity index (χ4n) is 3.68. The van der Waals surface area contributed by atoms with Crippen molar-refractivity contribution in [2.75, 3.05) is 26.2 Å². The molecule has 3 N–H and O–H groups in total. The number of hydrogen-bond acceptors (Lipinski definition) is 3. The van der Waals surface area contributed by atoms with Crippen molar-refractivity contribution in [3.05, 3.63) is 0 Å². The van der Waals surface area contributed by atoms with Gasteiger partial charge in [-0.2, -0.15) is 0 Å². The van der Waals surface area contributed by atoms with Crippen LogP contribution in [-0.4, -0.2) is 43.0 Å². The van der Waals surface area contributed by atoms with Crippen LogP contribution in [0.1, 0.15) is 51.9 Å². The molecule has 2 rings (SSSR count). The van der Waals surface area contributed by atoms with Crippen molar-refractivity contribution >= 4 is 5.91 Å². The molecular formula is C16H31N3O. The lowest BCUT2D eigenvalue weighted by atomic mass is 9.81. The summed E-state index contributed by atoms with van der Waals surface area (Å²) < 4.78 is 0. The van der Waals surface area contributed by atoms with E-state index in [1.54, 1.807) is 0 Å². The minimum atomic E-state index is 0.214. The predicted molar refractivity (Wildman–Crippen MR) is 82.4 cm³/mol. The lowest BCUT2D eigenvalue weighted by Crippen LogP contribution is -2.47. The molecule has 0 aromatic heterocycles. The van der Waals surface area contributed by atoms with Gasteiger partial charge in [0.05, 0.1) is 0 Å². The van der Waals surface area contributed by atoms with Crippen molar-refractivity contribution in [2.24, 2.45) is 17.6 Å². The van der Waals surface area contributed by atoms with Gasteiger partial charge in [0.1, 0.15) is 0 Å². The lowest BCUT2D eigenvalue weighted by Gasteiger charge is -2.34. The maximum Gasteiger partial charge on any atom is 0.223 e. The summed E-state index contributed by atoms with van der Waals surface area (Å²) in [7, 11) is 0. The first kappa shape index (κ1) is 15.8. The van der Waals surface area contributed by atoms with Gasteiger partial charge in [-0.3, -0.25) is 4.79 Å². The van der Waals surface area contributed by atoms with Crippen LogP contribution in [0.4, 0.5) is 0 Å². The molecule has 1 heterocycles. The normalized spacial score (nSPS) is 29.3. The smallest absolute Gasteiger partial charge is 0.223 e. The second kappa shape index (κ2) is 7.99. The molecule has 1 aliphatic heterocycles. The number of carbonyl (C=O) groups excluding carboxylic acids is 1. The van der Waals surface area contributed by atoms with Crippen molar-refractivity contribution in [3.63, 3.8) is 0 Å². The van der Waals surface area contributed by atoms with Crippen molar-refractivity contribution in [1.29, 1.82) is 0 Å². The number of rotatable bonds is 5. The van der Waals surface area contributed by atoms with Gasteiger partial charge in [-0.05, 0) is 57.5 Å². The van der Waals surface area contributed by atoms with E-state index < -0.39 is 0 Å². The van der Waals surface area contributed by atoms with Crippen LogP contribution < -0.4 is 11.1 Å². The maximum absolute atomic E-state index is 12.4. The molecule has 2 unspecified atom stereocenters. The summed E-state index contributed by atoms with van der Waals surface area (Å²) in [6.45, 7) is 6.43. The highest BCUT2D eigenvalue weighted by Gasteiger charge is 2.28. The van der Waals surface area contributed by atoms with Crippen molar-refractivity contribution < 1.29 is 4.79 Å². The first-order valence-electron chi connectivity index (χ1n) is 8.45. The molecule has 2 fully saturated rings. The molecule has 20 heavy (non-hydrogen) atoms. The number of amides is 1. The Labute approximate surface area is 123 Å². The third kappa shape index (κ3) is 4.45. The molecular weight excluding hydrogens is 250 g/mol. The van der Waals surface area contributed by atoms with E-state index in [0.29, 0.717) is 12.0 Å². The number of hydrogen-bond donors (Lipinski definition) is 2. The Balaban J connectivity index is 1.72. The molecule has 1 saturated carbocycles. The Kier molecular flexibility index (Phi) is 6.30. The second-order valence-corrected chi connectivity index (χ2v) is 6.59. The van der Waals surface area contributed by atoms with E-state index >= 15 is 0 Å². The van der Waals surface area contributed by atoms with E-state index in [9.17, 15) is 4.79 Å². The molecule has 1 aliphatic carbocycles. The molecule has 0 aromatic carbocycles. The molecule has 1 saturated heterocycles. The minimum Gasteiger partial charge on any atom is -0.353 e. The molecule has 0 aromatic rings. The Morgan fingerprint density at radius 1 is 1.25 bits per heavy atom. The van der Waals surface area contributed by atoms with Crippen LogP contribution in [0.5, 0.6) is 0 Å². The Morgan fingerprint density at radius 3 is 2.65 bits per heavy atom. The third-order valence-electron chi connectivity index (χ3n) is 4.96. The quantitative estimate of drug-likeness (QED) is 0.807. The summed E-state index contributed by atoms with van der Waals surface area (Å²) in [6.07, 6.45) is 7.86. The largest absolute Gasteiger partial charge is 0.353 e. The van der Waals surface area contributed by atoms with Gasteiger partial charge >= 0.3 is 0 Å². The summed E-state index contributed by atoms with van der Waals surface area (Å²) in [4.78, 5) is 14.9. The van der Waals surface area contributed by atoms with Gasteiger partial charge in [0, 0.05) is 25.0 Å². The first-order valence-corrected chi connectivity index (χ1v) is 8.45. The highest BCUT2D eigenvalue weighted by molar-refractivity contribution is 5.79. The number of nitrogens with one attached hydrogen (secondary N) is 1. The van der Waals surface area contributed by atoms with Gasteiger partial charge in [-0.15, -0.1) is 0 Å². The molecule has 0 bridgehead atoms. The Bertz CT molecular complexity index is 300. The molecule has 4 nitrogen and oxygen atoms in total. The average molecular weight is 281 g/mol. The van der Waals surface area contributed by atoms with Gasteiger partial charge in [0.15, 0.2) is 0 Å². The highest BCUT2D eigenvalue weighted by atomic mass is 16.1. The minimum absolute atomic E-state index is 0.214. The monoisotopic (exact) mass is 281 g/mol. The molecule has 1 amide bonds. The zero-order valence-electron chi connectivity index (χ0n) is 12.9. The average Bonchev–Trinajstić information content (AvgIpc) is 2.49. The van der Waals surface area contributed by atoms with Gasteiger partial charge in [-0.25, -0.2) is 0 Å². The summed E-state index contributed by atoms with van der Waals surface area (Å²) in [5.74, 6) is 1.06. The highest BCUT2D eigenvalue weighted by Crippen LogP contribution is 2.28. The summed E-state index contributed by atoms with van der Waals surface area (Å²) >= 11 is 0. The van der Waals surface area contributed by atoms with Crippen LogP contribution in [0.3, 0.4) is 0 Å². The Hall–Kier alpha value is -0.610. The van der Waals surface area contributed by atoms with Crippen molar-refractivity contribution in [3.8, 4) is 0 Å². The molecule has 0 spiro atoms. The van der Waals surface area contributed by atoms with Crippen LogP contribution in [-0.2, 0) is 4.79 Å². The van der Waals surface area contributed by atoms with Crippen LogP contribution in [0.2, 0.25) is 0 Å². The van der Waals surface area contributed by atoms with Gasteiger partial charge < -0.3 is 16.0 Å². The number of nitrogens with two attached hydrogens (primary N) is 1. The Morgan fingerprint density at radius 2 is 2.00 bits per heavy atom. The standard InChI is InChI=1S/C16H31N3O/c1-2-8-19-9-6-15(7-10-19)18-16(20)14-5-3-4-13(11-14)12-17/h13-15H,2-12,17H2,1H3,(H,18,20).